The molecule has 1 unspecified atom stereocenters. The Labute approximate surface area is 218 Å². The highest BCUT2D eigenvalue weighted by atomic mass is 32.2. The van der Waals surface area contributed by atoms with E-state index in [1.807, 2.05) is 63.2 Å². The maximum atomic E-state index is 14.0. The Bertz CT molecular complexity index is 1380. The van der Waals surface area contributed by atoms with Crippen molar-refractivity contribution in [2.75, 3.05) is 6.67 Å². The molecule has 0 spiro atoms. The number of hydrogen-bond acceptors (Lipinski definition) is 5. The van der Waals surface area contributed by atoms with Crippen LogP contribution in [0.5, 0.6) is 5.75 Å². The molecule has 8 heteroatoms. The molecule has 0 aliphatic carbocycles. The zero-order valence-electron chi connectivity index (χ0n) is 21.0. The van der Waals surface area contributed by atoms with Crippen LogP contribution in [0.1, 0.15) is 43.5 Å². The van der Waals surface area contributed by atoms with E-state index >= 15 is 0 Å². The van der Waals surface area contributed by atoms with Crippen molar-refractivity contribution in [3.63, 3.8) is 0 Å². The highest BCUT2D eigenvalue weighted by Crippen LogP contribution is 2.33. The van der Waals surface area contributed by atoms with E-state index in [0.717, 1.165) is 22.1 Å². The average molecular weight is 524 g/mol. The van der Waals surface area contributed by atoms with Crippen LogP contribution < -0.4 is 9.46 Å². The van der Waals surface area contributed by atoms with Gasteiger partial charge in [-0.15, -0.1) is 4.72 Å². The SMILES string of the molecule is CC(C)(C)[S+]([O-])N[C@@H](CF)c1cccc(-c2cc(COc3ccccc3CC(=O)O)cc3ccoc23)c1. The number of benzene rings is 3. The van der Waals surface area contributed by atoms with Gasteiger partial charge in [-0.3, -0.25) is 4.79 Å². The second-order valence-electron chi connectivity index (χ2n) is 9.78. The number of furan rings is 1. The van der Waals surface area contributed by atoms with Crippen molar-refractivity contribution in [3.8, 4) is 16.9 Å². The number of carbonyl (C=O) groups is 1. The van der Waals surface area contributed by atoms with E-state index in [1.165, 1.54) is 0 Å². The lowest BCUT2D eigenvalue weighted by atomic mass is 9.97. The van der Waals surface area contributed by atoms with Crippen LogP contribution in [0.25, 0.3) is 22.1 Å². The predicted molar refractivity (Wildman–Crippen MR) is 144 cm³/mol. The van der Waals surface area contributed by atoms with E-state index < -0.39 is 34.8 Å². The number of halogens is 1. The Balaban J connectivity index is 1.64. The molecule has 0 fully saturated rings. The summed E-state index contributed by atoms with van der Waals surface area (Å²) < 4.78 is 40.8. The van der Waals surface area contributed by atoms with Gasteiger partial charge < -0.3 is 18.8 Å². The lowest BCUT2D eigenvalue weighted by molar-refractivity contribution is -0.136. The van der Waals surface area contributed by atoms with Gasteiger partial charge in [0.25, 0.3) is 0 Å². The Morgan fingerprint density at radius 1 is 1.14 bits per heavy atom. The Kier molecular flexibility index (Phi) is 8.22. The number of nitrogens with one attached hydrogen (secondary N) is 1. The summed E-state index contributed by atoms with van der Waals surface area (Å²) in [5, 5.41) is 10.1. The number of para-hydroxylation sites is 1. The number of carboxylic acids is 1. The Hall–Kier alpha value is -3.33. The second-order valence-corrected chi connectivity index (χ2v) is 11.8. The molecule has 0 amide bonds. The first kappa shape index (κ1) is 26.7. The number of rotatable bonds is 10. The van der Waals surface area contributed by atoms with Crippen LogP contribution in [-0.2, 0) is 29.2 Å². The molecule has 0 radical (unpaired) electrons. The van der Waals surface area contributed by atoms with Gasteiger partial charge >= 0.3 is 5.97 Å². The topological polar surface area (TPSA) is 94.8 Å². The number of alkyl halides is 1. The van der Waals surface area contributed by atoms with Gasteiger partial charge in [0.15, 0.2) is 0 Å². The second kappa shape index (κ2) is 11.4. The van der Waals surface area contributed by atoms with Crippen molar-refractivity contribution in [3.05, 3.63) is 89.7 Å². The predicted octanol–water partition coefficient (Wildman–Crippen LogP) is 6.37. The third-order valence-electron chi connectivity index (χ3n) is 5.88. The molecule has 2 N–H and O–H groups in total. The van der Waals surface area contributed by atoms with Crippen LogP contribution in [0, 0.1) is 0 Å². The van der Waals surface area contributed by atoms with Gasteiger partial charge in [0.2, 0.25) is 0 Å². The number of ether oxygens (including phenoxy) is 1. The Morgan fingerprint density at radius 2 is 1.92 bits per heavy atom. The molecule has 0 saturated carbocycles. The summed E-state index contributed by atoms with van der Waals surface area (Å²) in [6.07, 6.45) is 1.49. The number of fused-ring (bicyclic) bond motifs is 1. The van der Waals surface area contributed by atoms with Crippen LogP contribution in [0.15, 0.2) is 77.4 Å². The first-order chi connectivity index (χ1) is 17.7. The average Bonchev–Trinajstić information content (AvgIpc) is 3.34. The fourth-order valence-electron chi connectivity index (χ4n) is 3.97. The lowest BCUT2D eigenvalue weighted by Gasteiger charge is -2.27. The van der Waals surface area contributed by atoms with E-state index in [-0.39, 0.29) is 13.0 Å². The van der Waals surface area contributed by atoms with Crippen molar-refractivity contribution in [2.24, 2.45) is 0 Å². The quantitative estimate of drug-likeness (QED) is 0.235. The molecule has 194 valence electrons. The smallest absolute Gasteiger partial charge is 0.307 e. The molecule has 1 aromatic heterocycles. The molecule has 0 aliphatic rings. The monoisotopic (exact) mass is 523 g/mol. The normalized spacial score (nSPS) is 13.4. The minimum Gasteiger partial charge on any atom is -0.598 e. The summed E-state index contributed by atoms with van der Waals surface area (Å²) in [5.74, 6) is -0.408. The molecule has 2 atom stereocenters. The van der Waals surface area contributed by atoms with Crippen molar-refractivity contribution >= 4 is 28.3 Å². The van der Waals surface area contributed by atoms with E-state index in [2.05, 4.69) is 4.72 Å². The van der Waals surface area contributed by atoms with Crippen LogP contribution in [0.2, 0.25) is 0 Å². The molecule has 0 aliphatic heterocycles. The first-order valence-corrected chi connectivity index (χ1v) is 13.1. The summed E-state index contributed by atoms with van der Waals surface area (Å²) >= 11 is -1.43. The van der Waals surface area contributed by atoms with Gasteiger partial charge in [-0.1, -0.05) is 36.4 Å². The molecule has 0 bridgehead atoms. The van der Waals surface area contributed by atoms with E-state index in [9.17, 15) is 18.8 Å². The third-order valence-corrected chi connectivity index (χ3v) is 7.49. The fourth-order valence-corrected chi connectivity index (χ4v) is 4.79. The van der Waals surface area contributed by atoms with E-state index in [4.69, 9.17) is 9.15 Å². The van der Waals surface area contributed by atoms with Crippen LogP contribution >= 0.6 is 0 Å². The molecular weight excluding hydrogens is 493 g/mol. The van der Waals surface area contributed by atoms with Gasteiger partial charge in [-0.25, -0.2) is 4.39 Å². The van der Waals surface area contributed by atoms with Crippen LogP contribution in [-0.4, -0.2) is 27.1 Å². The van der Waals surface area contributed by atoms with Gasteiger partial charge in [0, 0.05) is 27.9 Å². The van der Waals surface area contributed by atoms with Crippen LogP contribution in [0.4, 0.5) is 4.39 Å². The highest BCUT2D eigenvalue weighted by Gasteiger charge is 2.30. The molecule has 3 aromatic carbocycles. The summed E-state index contributed by atoms with van der Waals surface area (Å²) in [6.45, 7) is 5.03. The minimum absolute atomic E-state index is 0.126. The van der Waals surface area contributed by atoms with Gasteiger partial charge in [-0.05, 0) is 67.8 Å². The summed E-state index contributed by atoms with van der Waals surface area (Å²) in [7, 11) is 0. The van der Waals surface area contributed by atoms with Gasteiger partial charge in [0.1, 0.15) is 35.4 Å². The summed E-state index contributed by atoms with van der Waals surface area (Å²) in [4.78, 5) is 11.2. The molecule has 6 nitrogen and oxygen atoms in total. The van der Waals surface area contributed by atoms with E-state index in [0.29, 0.717) is 22.5 Å². The summed E-state index contributed by atoms with van der Waals surface area (Å²) in [6, 6.07) is 19.6. The van der Waals surface area contributed by atoms with Crippen LogP contribution in [0.3, 0.4) is 0 Å². The molecular formula is C29H30FNO5S. The molecule has 4 aromatic rings. The standard InChI is InChI=1S/C29H30FNO5S/c1-29(2,3)37(34)31-25(17-30)21-9-6-8-20(15-21)24-14-19(13-23-11-12-35-28(23)24)18-36-26-10-5-4-7-22(26)16-27(32)33/h4-15,25,31H,16-18H2,1-3H3,(H,32,33)/t25-,37?/m0/s1. The Morgan fingerprint density at radius 3 is 2.65 bits per heavy atom. The third kappa shape index (κ3) is 6.52. The van der Waals surface area contributed by atoms with E-state index in [1.54, 1.807) is 30.5 Å². The summed E-state index contributed by atoms with van der Waals surface area (Å²) in [5.41, 5.74) is 4.48. The number of aliphatic carboxylic acids is 1. The maximum Gasteiger partial charge on any atom is 0.307 e. The lowest BCUT2D eigenvalue weighted by Crippen LogP contribution is -2.41. The molecule has 37 heavy (non-hydrogen) atoms. The van der Waals surface area contributed by atoms with Gasteiger partial charge in [0.05, 0.1) is 12.7 Å². The fraction of sp³-hybridized carbons (Fsp3) is 0.276. The largest absolute Gasteiger partial charge is 0.598 e. The zero-order chi connectivity index (χ0) is 26.6. The van der Waals surface area contributed by atoms with Crippen molar-refractivity contribution in [1.29, 1.82) is 0 Å². The van der Waals surface area contributed by atoms with Gasteiger partial charge in [-0.2, -0.15) is 0 Å². The highest BCUT2D eigenvalue weighted by molar-refractivity contribution is 7.90. The first-order valence-electron chi connectivity index (χ1n) is 11.9. The number of carboxylic acid groups (broad SMARTS) is 1. The molecule has 4 rings (SSSR count). The minimum atomic E-state index is -1.43. The maximum absolute atomic E-state index is 14.0. The number of hydrogen-bond donors (Lipinski definition) is 2. The molecule has 0 saturated heterocycles. The zero-order valence-corrected chi connectivity index (χ0v) is 21.8. The van der Waals surface area contributed by atoms with Crippen molar-refractivity contribution < 1.29 is 28.0 Å². The van der Waals surface area contributed by atoms with Crippen molar-refractivity contribution in [1.82, 2.24) is 4.72 Å². The van der Waals surface area contributed by atoms with Crippen molar-refractivity contribution in [2.45, 2.75) is 44.6 Å². The molecule has 1 heterocycles.